The van der Waals surface area contributed by atoms with E-state index < -0.39 is 50.1 Å². The van der Waals surface area contributed by atoms with Gasteiger partial charge in [0.1, 0.15) is 0 Å². The normalized spacial score (nSPS) is 11.0. The largest absolute Gasteiger partial charge is 0.480 e. The molecule has 12 heteroatoms. The first-order chi connectivity index (χ1) is 14.6. The summed E-state index contributed by atoms with van der Waals surface area (Å²) >= 11 is 1.44. The fraction of sp³-hybridized carbons (Fsp3) is 0.316. The molecule has 0 aromatic carbocycles. The van der Waals surface area contributed by atoms with Gasteiger partial charge in [0.25, 0.3) is 0 Å². The van der Waals surface area contributed by atoms with Gasteiger partial charge in [-0.15, -0.1) is 11.3 Å². The number of aliphatic carboxylic acids is 4. The van der Waals surface area contributed by atoms with Crippen LogP contribution in [0.5, 0.6) is 0 Å². The van der Waals surface area contributed by atoms with Gasteiger partial charge in [-0.2, -0.15) is 0 Å². The van der Waals surface area contributed by atoms with Crippen molar-refractivity contribution in [3.63, 3.8) is 0 Å². The summed E-state index contributed by atoms with van der Waals surface area (Å²) in [6, 6.07) is 7.09. The van der Waals surface area contributed by atoms with Gasteiger partial charge in [0, 0.05) is 18.0 Å². The molecule has 2 aromatic rings. The van der Waals surface area contributed by atoms with Gasteiger partial charge in [-0.3, -0.25) is 34.0 Å². The van der Waals surface area contributed by atoms with Crippen LogP contribution in [0.15, 0.2) is 29.6 Å². The van der Waals surface area contributed by atoms with Gasteiger partial charge in [0.15, 0.2) is 0 Å². The van der Waals surface area contributed by atoms with Gasteiger partial charge >= 0.3 is 23.9 Å². The molecular weight excluding hydrogens is 430 g/mol. The van der Waals surface area contributed by atoms with Crippen molar-refractivity contribution in [2.75, 3.05) is 26.2 Å². The molecule has 0 saturated carbocycles. The molecule has 0 saturated heterocycles. The van der Waals surface area contributed by atoms with Crippen LogP contribution in [-0.2, 0) is 32.3 Å². The van der Waals surface area contributed by atoms with E-state index in [1.807, 2.05) is 17.5 Å². The van der Waals surface area contributed by atoms with Gasteiger partial charge in [-0.25, -0.2) is 0 Å². The van der Waals surface area contributed by atoms with Crippen LogP contribution in [0, 0.1) is 0 Å². The van der Waals surface area contributed by atoms with E-state index in [0.717, 1.165) is 10.4 Å². The molecule has 0 spiro atoms. The Hall–Kier alpha value is -3.35. The van der Waals surface area contributed by atoms with Crippen LogP contribution in [0.25, 0.3) is 10.4 Å². The summed E-state index contributed by atoms with van der Waals surface area (Å²) in [5.41, 5.74) is 1.49. The topological polar surface area (TPSA) is 169 Å². The van der Waals surface area contributed by atoms with E-state index in [-0.39, 0.29) is 13.1 Å². The van der Waals surface area contributed by atoms with Crippen molar-refractivity contribution >= 4 is 35.2 Å². The van der Waals surface area contributed by atoms with Crippen molar-refractivity contribution in [2.24, 2.45) is 0 Å². The lowest BCUT2D eigenvalue weighted by Crippen LogP contribution is -2.35. The monoisotopic (exact) mass is 451 g/mol. The van der Waals surface area contributed by atoms with Gasteiger partial charge < -0.3 is 20.4 Å². The third-order valence-corrected chi connectivity index (χ3v) is 4.86. The first-order valence-electron chi connectivity index (χ1n) is 8.98. The Balaban J connectivity index is 2.37. The fourth-order valence-corrected chi connectivity index (χ4v) is 3.67. The number of hydrogen-bond donors (Lipinski definition) is 4. The molecule has 2 aromatic heterocycles. The molecule has 0 amide bonds. The quantitative estimate of drug-likeness (QED) is 0.339. The van der Waals surface area contributed by atoms with Crippen molar-refractivity contribution in [3.8, 4) is 10.4 Å². The van der Waals surface area contributed by atoms with Crippen molar-refractivity contribution in [1.29, 1.82) is 0 Å². The summed E-state index contributed by atoms with van der Waals surface area (Å²) in [5, 5.41) is 38.1. The highest BCUT2D eigenvalue weighted by atomic mass is 32.1. The van der Waals surface area contributed by atoms with Crippen LogP contribution in [0.2, 0.25) is 0 Å². The first-order valence-corrected chi connectivity index (χ1v) is 9.86. The fourth-order valence-electron chi connectivity index (χ4n) is 2.96. The number of carbonyl (C=O) groups is 4. The lowest BCUT2D eigenvalue weighted by Gasteiger charge is -2.20. The number of carboxylic acid groups (broad SMARTS) is 4. The molecule has 2 rings (SSSR count). The number of pyridine rings is 1. The molecule has 11 nitrogen and oxygen atoms in total. The summed E-state index contributed by atoms with van der Waals surface area (Å²) in [6.07, 6.45) is 0. The summed E-state index contributed by atoms with van der Waals surface area (Å²) < 4.78 is 0. The lowest BCUT2D eigenvalue weighted by atomic mass is 10.1. The summed E-state index contributed by atoms with van der Waals surface area (Å²) in [4.78, 5) is 52.0. The summed E-state index contributed by atoms with van der Waals surface area (Å²) in [5.74, 6) is -4.76. The van der Waals surface area contributed by atoms with E-state index in [9.17, 15) is 19.2 Å². The zero-order chi connectivity index (χ0) is 23.0. The molecule has 2 heterocycles. The summed E-state index contributed by atoms with van der Waals surface area (Å²) in [6.45, 7) is -2.15. The Kier molecular flexibility index (Phi) is 8.61. The Labute approximate surface area is 180 Å². The second-order valence-corrected chi connectivity index (χ2v) is 7.63. The standard InChI is InChI=1S/C19H21N3O8S/c23-16(24)8-21(9-17(25)26)6-13-4-12(15-2-1-3-31-15)5-14(20-13)7-22(10-18(27)28)11-19(29)30/h1-5H,6-11H2,(H,23,24)(H,25,26)(H,27,28)(H,29,30). The Morgan fingerprint density at radius 1 is 0.774 bits per heavy atom. The van der Waals surface area contributed by atoms with E-state index in [4.69, 9.17) is 20.4 Å². The average molecular weight is 451 g/mol. The molecule has 0 aliphatic heterocycles. The number of hydrogen-bond acceptors (Lipinski definition) is 8. The van der Waals surface area contributed by atoms with Crippen LogP contribution < -0.4 is 0 Å². The van der Waals surface area contributed by atoms with Crippen LogP contribution in [0.1, 0.15) is 11.4 Å². The van der Waals surface area contributed by atoms with Gasteiger partial charge in [-0.1, -0.05) is 6.07 Å². The number of carboxylic acids is 4. The van der Waals surface area contributed by atoms with Gasteiger partial charge in [-0.05, 0) is 29.1 Å². The predicted octanol–water partition coefficient (Wildman–Crippen LogP) is 0.752. The second kappa shape index (κ2) is 11.2. The number of rotatable bonds is 13. The number of aromatic nitrogens is 1. The van der Waals surface area contributed by atoms with E-state index in [0.29, 0.717) is 11.4 Å². The van der Waals surface area contributed by atoms with E-state index >= 15 is 0 Å². The van der Waals surface area contributed by atoms with Crippen LogP contribution in [0.4, 0.5) is 0 Å². The maximum atomic E-state index is 11.1. The first kappa shape index (κ1) is 23.9. The number of thiophene rings is 1. The van der Waals surface area contributed by atoms with Crippen LogP contribution in [-0.4, -0.2) is 85.3 Å². The predicted molar refractivity (Wildman–Crippen MR) is 109 cm³/mol. The smallest absolute Gasteiger partial charge is 0.317 e. The third-order valence-electron chi connectivity index (χ3n) is 3.94. The Morgan fingerprint density at radius 2 is 1.19 bits per heavy atom. The molecule has 0 bridgehead atoms. The highest BCUT2D eigenvalue weighted by molar-refractivity contribution is 7.13. The molecule has 166 valence electrons. The van der Waals surface area contributed by atoms with E-state index in [2.05, 4.69) is 4.98 Å². The van der Waals surface area contributed by atoms with Crippen LogP contribution >= 0.6 is 11.3 Å². The molecule has 0 fully saturated rings. The minimum absolute atomic E-state index is 0.0668. The molecule has 0 aliphatic rings. The molecule has 0 aliphatic carbocycles. The minimum atomic E-state index is -1.19. The van der Waals surface area contributed by atoms with Crippen molar-refractivity contribution in [3.05, 3.63) is 41.0 Å². The molecule has 4 N–H and O–H groups in total. The molecule has 0 radical (unpaired) electrons. The van der Waals surface area contributed by atoms with Gasteiger partial charge in [0.05, 0.1) is 37.6 Å². The lowest BCUT2D eigenvalue weighted by molar-refractivity contribution is -0.144. The van der Waals surface area contributed by atoms with E-state index in [1.165, 1.54) is 21.1 Å². The zero-order valence-electron chi connectivity index (χ0n) is 16.3. The van der Waals surface area contributed by atoms with Crippen molar-refractivity contribution in [1.82, 2.24) is 14.8 Å². The molecule has 31 heavy (non-hydrogen) atoms. The van der Waals surface area contributed by atoms with E-state index in [1.54, 1.807) is 12.1 Å². The third kappa shape index (κ3) is 8.50. The molecule has 0 unspecified atom stereocenters. The van der Waals surface area contributed by atoms with Crippen molar-refractivity contribution < 1.29 is 39.6 Å². The molecule has 0 atom stereocenters. The summed E-state index contributed by atoms with van der Waals surface area (Å²) in [7, 11) is 0. The van der Waals surface area contributed by atoms with Crippen molar-refractivity contribution in [2.45, 2.75) is 13.1 Å². The second-order valence-electron chi connectivity index (χ2n) is 6.68. The highest BCUT2D eigenvalue weighted by Crippen LogP contribution is 2.26. The number of nitrogens with zero attached hydrogens (tertiary/aromatic N) is 3. The maximum absolute atomic E-state index is 11.1. The van der Waals surface area contributed by atoms with Crippen LogP contribution in [0.3, 0.4) is 0 Å². The molecular formula is C19H21N3O8S. The Bertz CT molecular complexity index is 859. The average Bonchev–Trinajstić information content (AvgIpc) is 3.13. The Morgan fingerprint density at radius 3 is 1.52 bits per heavy atom. The maximum Gasteiger partial charge on any atom is 0.317 e. The SMILES string of the molecule is O=C(O)CN(CC(=O)O)Cc1cc(-c2cccs2)cc(CN(CC(=O)O)CC(=O)O)n1. The van der Waals surface area contributed by atoms with Gasteiger partial charge in [0.2, 0.25) is 0 Å². The highest BCUT2D eigenvalue weighted by Gasteiger charge is 2.18. The zero-order valence-corrected chi connectivity index (χ0v) is 17.1. The minimum Gasteiger partial charge on any atom is -0.480 e.